The molecule has 0 spiro atoms. The molecule has 2 aromatic rings. The summed E-state index contributed by atoms with van der Waals surface area (Å²) in [6, 6.07) is 16.6. The molecule has 0 heterocycles. The molecule has 0 saturated heterocycles. The molecule has 2 rings (SSSR count). The first-order valence-corrected chi connectivity index (χ1v) is 5.66. The molecule has 0 atom stereocenters. The van der Waals surface area contributed by atoms with E-state index in [1.807, 2.05) is 30.3 Å². The average molecular weight is 256 g/mol. The van der Waals surface area contributed by atoms with Gasteiger partial charge in [0.15, 0.2) is 0 Å². The molecular formula is C15H12O4. The molecule has 96 valence electrons. The van der Waals surface area contributed by atoms with Gasteiger partial charge >= 0.3 is 12.1 Å². The summed E-state index contributed by atoms with van der Waals surface area (Å²) < 4.78 is 8.68. The first-order valence-electron chi connectivity index (χ1n) is 5.66. The topological polar surface area (TPSA) is 52.6 Å². The maximum atomic E-state index is 11.5. The van der Waals surface area contributed by atoms with Crippen molar-refractivity contribution in [1.82, 2.24) is 0 Å². The Morgan fingerprint density at radius 2 is 1.42 bits per heavy atom. The number of hydrogen-bond acceptors (Lipinski definition) is 4. The Morgan fingerprint density at radius 3 is 2.00 bits per heavy atom. The van der Waals surface area contributed by atoms with Crippen LogP contribution in [0.25, 0.3) is 11.1 Å². The second-order valence-corrected chi connectivity index (χ2v) is 3.79. The lowest BCUT2D eigenvalue weighted by molar-refractivity contribution is 0.0452. The Bertz CT molecular complexity index is 573. The average Bonchev–Trinajstić information content (AvgIpc) is 2.48. The van der Waals surface area contributed by atoms with Gasteiger partial charge in [0.05, 0.1) is 12.7 Å². The Balaban J connectivity index is 2.15. The van der Waals surface area contributed by atoms with E-state index >= 15 is 0 Å². The molecule has 0 aromatic heterocycles. The van der Waals surface area contributed by atoms with Crippen LogP contribution in [0.3, 0.4) is 0 Å². The molecular weight excluding hydrogens is 244 g/mol. The van der Waals surface area contributed by atoms with Gasteiger partial charge in [-0.15, -0.1) is 0 Å². The van der Waals surface area contributed by atoms with Crippen LogP contribution in [0.4, 0.5) is 4.79 Å². The molecule has 0 bridgehead atoms. The zero-order chi connectivity index (χ0) is 13.7. The van der Waals surface area contributed by atoms with Gasteiger partial charge in [-0.2, -0.15) is 0 Å². The summed E-state index contributed by atoms with van der Waals surface area (Å²) in [5.74, 6) is -0.730. The van der Waals surface area contributed by atoms with E-state index in [0.717, 1.165) is 18.2 Å². The van der Waals surface area contributed by atoms with Crippen molar-refractivity contribution in [2.24, 2.45) is 0 Å². The van der Waals surface area contributed by atoms with Gasteiger partial charge in [0.25, 0.3) is 0 Å². The number of esters is 1. The summed E-state index contributed by atoms with van der Waals surface area (Å²) in [5.41, 5.74) is 2.33. The van der Waals surface area contributed by atoms with Crippen LogP contribution < -0.4 is 0 Å². The highest BCUT2D eigenvalue weighted by atomic mass is 16.7. The van der Waals surface area contributed by atoms with Crippen LogP contribution in [0, 0.1) is 0 Å². The van der Waals surface area contributed by atoms with Crippen LogP contribution in [0.1, 0.15) is 10.4 Å². The fraction of sp³-hybridized carbons (Fsp3) is 0.0667. The minimum Gasteiger partial charge on any atom is -0.437 e. The van der Waals surface area contributed by atoms with E-state index in [1.165, 1.54) is 0 Å². The van der Waals surface area contributed by atoms with Crippen molar-refractivity contribution >= 4 is 12.1 Å². The van der Waals surface area contributed by atoms with Gasteiger partial charge in [0.1, 0.15) is 0 Å². The monoisotopic (exact) mass is 256 g/mol. The fourth-order valence-electron chi connectivity index (χ4n) is 1.61. The van der Waals surface area contributed by atoms with E-state index < -0.39 is 12.1 Å². The molecule has 0 amide bonds. The highest BCUT2D eigenvalue weighted by Crippen LogP contribution is 2.19. The van der Waals surface area contributed by atoms with Crippen molar-refractivity contribution < 1.29 is 19.1 Å². The van der Waals surface area contributed by atoms with Crippen LogP contribution in [-0.4, -0.2) is 19.2 Å². The van der Waals surface area contributed by atoms with Crippen molar-refractivity contribution in [3.63, 3.8) is 0 Å². The van der Waals surface area contributed by atoms with Crippen LogP contribution in [-0.2, 0) is 9.47 Å². The summed E-state index contributed by atoms with van der Waals surface area (Å²) in [6.07, 6.45) is -1.02. The van der Waals surface area contributed by atoms with Gasteiger partial charge in [-0.1, -0.05) is 42.5 Å². The third kappa shape index (κ3) is 3.19. The van der Waals surface area contributed by atoms with Crippen molar-refractivity contribution in [3.8, 4) is 11.1 Å². The van der Waals surface area contributed by atoms with E-state index in [2.05, 4.69) is 9.47 Å². The van der Waals surface area contributed by atoms with Crippen LogP contribution in [0.5, 0.6) is 0 Å². The first-order chi connectivity index (χ1) is 9.20. The van der Waals surface area contributed by atoms with Gasteiger partial charge in [0.2, 0.25) is 0 Å². The number of methoxy groups -OCH3 is 1. The molecule has 4 nitrogen and oxygen atoms in total. The van der Waals surface area contributed by atoms with E-state index in [-0.39, 0.29) is 0 Å². The molecule has 0 radical (unpaired) electrons. The minimum absolute atomic E-state index is 0.296. The molecule has 19 heavy (non-hydrogen) atoms. The normalized spacial score (nSPS) is 9.74. The number of benzene rings is 2. The van der Waals surface area contributed by atoms with E-state index in [4.69, 9.17) is 0 Å². The first kappa shape index (κ1) is 12.8. The molecule has 0 aliphatic carbocycles. The zero-order valence-electron chi connectivity index (χ0n) is 10.3. The zero-order valence-corrected chi connectivity index (χ0v) is 10.3. The number of carbonyl (C=O) groups is 2. The summed E-state index contributed by atoms with van der Waals surface area (Å²) in [6.45, 7) is 0. The molecule has 0 aliphatic rings. The van der Waals surface area contributed by atoms with Gasteiger partial charge in [-0.3, -0.25) is 0 Å². The fourth-order valence-corrected chi connectivity index (χ4v) is 1.61. The minimum atomic E-state index is -1.02. The molecule has 0 N–H and O–H groups in total. The Hall–Kier alpha value is -2.62. The summed E-state index contributed by atoms with van der Waals surface area (Å²) in [7, 11) is 1.15. The largest absolute Gasteiger partial charge is 0.516 e. The molecule has 0 aliphatic heterocycles. The van der Waals surface area contributed by atoms with Gasteiger partial charge in [-0.05, 0) is 23.3 Å². The van der Waals surface area contributed by atoms with Gasteiger partial charge in [0, 0.05) is 0 Å². The maximum Gasteiger partial charge on any atom is 0.516 e. The van der Waals surface area contributed by atoms with Crippen LogP contribution >= 0.6 is 0 Å². The third-order valence-electron chi connectivity index (χ3n) is 2.57. The highest BCUT2D eigenvalue weighted by Gasteiger charge is 2.12. The predicted molar refractivity (Wildman–Crippen MR) is 69.7 cm³/mol. The second kappa shape index (κ2) is 5.82. The van der Waals surface area contributed by atoms with Crippen molar-refractivity contribution in [1.29, 1.82) is 0 Å². The smallest absolute Gasteiger partial charge is 0.437 e. The summed E-state index contributed by atoms with van der Waals surface area (Å²) in [5, 5.41) is 0. The van der Waals surface area contributed by atoms with Crippen molar-refractivity contribution in [2.45, 2.75) is 0 Å². The quantitative estimate of drug-likeness (QED) is 0.611. The van der Waals surface area contributed by atoms with E-state index in [9.17, 15) is 9.59 Å². The lowest BCUT2D eigenvalue weighted by Crippen LogP contribution is -2.12. The summed E-state index contributed by atoms with van der Waals surface area (Å²) >= 11 is 0. The third-order valence-corrected chi connectivity index (χ3v) is 2.57. The highest BCUT2D eigenvalue weighted by molar-refractivity contribution is 5.95. The number of rotatable bonds is 2. The van der Waals surface area contributed by atoms with Gasteiger partial charge in [-0.25, -0.2) is 9.59 Å². The Kier molecular flexibility index (Phi) is 3.93. The van der Waals surface area contributed by atoms with Crippen molar-refractivity contribution in [2.75, 3.05) is 7.11 Å². The lowest BCUT2D eigenvalue weighted by Gasteiger charge is -2.04. The SMILES string of the molecule is COC(=O)OC(=O)c1ccc(-c2ccccc2)cc1. The molecule has 2 aromatic carbocycles. The maximum absolute atomic E-state index is 11.5. The lowest BCUT2D eigenvalue weighted by atomic mass is 10.0. The number of carbonyl (C=O) groups excluding carboxylic acids is 2. The van der Waals surface area contributed by atoms with E-state index in [1.54, 1.807) is 24.3 Å². The number of ether oxygens (including phenoxy) is 2. The Labute approximate surface area is 110 Å². The second-order valence-electron chi connectivity index (χ2n) is 3.79. The molecule has 0 saturated carbocycles. The number of hydrogen-bond donors (Lipinski definition) is 0. The van der Waals surface area contributed by atoms with E-state index in [0.29, 0.717) is 5.56 Å². The predicted octanol–water partition coefficient (Wildman–Crippen LogP) is 3.28. The standard InChI is InChI=1S/C15H12O4/c1-18-15(17)19-14(16)13-9-7-12(8-10-13)11-5-3-2-4-6-11/h2-10H,1H3. The summed E-state index contributed by atoms with van der Waals surface area (Å²) in [4.78, 5) is 22.4. The Morgan fingerprint density at radius 1 is 0.842 bits per heavy atom. The van der Waals surface area contributed by atoms with Gasteiger partial charge < -0.3 is 9.47 Å². The molecule has 0 fully saturated rings. The van der Waals surface area contributed by atoms with Crippen LogP contribution in [0.2, 0.25) is 0 Å². The molecule has 4 heteroatoms. The van der Waals surface area contributed by atoms with Crippen LogP contribution in [0.15, 0.2) is 54.6 Å². The molecule has 0 unspecified atom stereocenters. The van der Waals surface area contributed by atoms with Crippen molar-refractivity contribution in [3.05, 3.63) is 60.2 Å².